The number of hydrogen-bond acceptors (Lipinski definition) is 4. The van der Waals surface area contributed by atoms with E-state index in [0.717, 1.165) is 31.1 Å². The van der Waals surface area contributed by atoms with Gasteiger partial charge in [-0.15, -0.1) is 0 Å². The zero-order chi connectivity index (χ0) is 13.0. The number of nitrogens with zero attached hydrogens (tertiary/aromatic N) is 2. The Morgan fingerprint density at radius 3 is 2.61 bits per heavy atom. The molecule has 1 unspecified atom stereocenters. The van der Waals surface area contributed by atoms with Crippen LogP contribution in [0.4, 0.5) is 0 Å². The molecule has 1 aliphatic rings. The van der Waals surface area contributed by atoms with Crippen molar-refractivity contribution in [2.24, 2.45) is 5.92 Å². The fourth-order valence-corrected chi connectivity index (χ4v) is 2.21. The highest BCUT2D eigenvalue weighted by atomic mass is 16.5. The number of nitrogens with one attached hydrogen (secondary N) is 1. The second-order valence-electron chi connectivity index (χ2n) is 5.97. The molecule has 0 radical (unpaired) electrons. The lowest BCUT2D eigenvalue weighted by Gasteiger charge is -2.22. The van der Waals surface area contributed by atoms with Gasteiger partial charge in [-0.3, -0.25) is 0 Å². The van der Waals surface area contributed by atoms with Crippen LogP contribution >= 0.6 is 0 Å². The second kappa shape index (κ2) is 5.65. The zero-order valence-electron chi connectivity index (χ0n) is 11.6. The summed E-state index contributed by atoms with van der Waals surface area (Å²) in [7, 11) is 0. The average molecular weight is 249 g/mol. The SMILES string of the molecule is CC(C)(C)Oc1cnc(CC2CCCNC2)nc1. The molecule has 1 aliphatic heterocycles. The summed E-state index contributed by atoms with van der Waals surface area (Å²) in [6.45, 7) is 8.30. The predicted molar refractivity (Wildman–Crippen MR) is 71.7 cm³/mol. The van der Waals surface area contributed by atoms with Crippen LogP contribution in [0.3, 0.4) is 0 Å². The molecule has 100 valence electrons. The summed E-state index contributed by atoms with van der Waals surface area (Å²) in [6, 6.07) is 0. The maximum absolute atomic E-state index is 5.71. The van der Waals surface area contributed by atoms with E-state index in [0.29, 0.717) is 5.92 Å². The summed E-state index contributed by atoms with van der Waals surface area (Å²) < 4.78 is 5.71. The molecule has 1 atom stereocenters. The molecule has 1 fully saturated rings. The van der Waals surface area contributed by atoms with E-state index in [4.69, 9.17) is 4.74 Å². The second-order valence-corrected chi connectivity index (χ2v) is 5.97. The van der Waals surface area contributed by atoms with Crippen molar-refractivity contribution in [1.82, 2.24) is 15.3 Å². The number of hydrogen-bond donors (Lipinski definition) is 1. The van der Waals surface area contributed by atoms with Crippen molar-refractivity contribution in [3.63, 3.8) is 0 Å². The minimum atomic E-state index is -0.196. The van der Waals surface area contributed by atoms with Crippen molar-refractivity contribution in [1.29, 1.82) is 0 Å². The van der Waals surface area contributed by atoms with Gasteiger partial charge in [0.15, 0.2) is 5.75 Å². The van der Waals surface area contributed by atoms with Gasteiger partial charge in [0.2, 0.25) is 0 Å². The van der Waals surface area contributed by atoms with E-state index in [9.17, 15) is 0 Å². The summed E-state index contributed by atoms with van der Waals surface area (Å²) in [5.41, 5.74) is -0.196. The molecule has 1 aromatic heterocycles. The van der Waals surface area contributed by atoms with Gasteiger partial charge in [0, 0.05) is 6.42 Å². The van der Waals surface area contributed by atoms with Gasteiger partial charge in [-0.25, -0.2) is 9.97 Å². The smallest absolute Gasteiger partial charge is 0.156 e. The molecule has 4 nitrogen and oxygen atoms in total. The minimum Gasteiger partial charge on any atom is -0.485 e. The monoisotopic (exact) mass is 249 g/mol. The van der Waals surface area contributed by atoms with E-state index in [-0.39, 0.29) is 5.60 Å². The van der Waals surface area contributed by atoms with E-state index < -0.39 is 0 Å². The topological polar surface area (TPSA) is 47.0 Å². The third-order valence-electron chi connectivity index (χ3n) is 2.98. The average Bonchev–Trinajstić information content (AvgIpc) is 2.31. The van der Waals surface area contributed by atoms with Crippen molar-refractivity contribution in [2.75, 3.05) is 13.1 Å². The molecule has 2 rings (SSSR count). The van der Waals surface area contributed by atoms with Gasteiger partial charge in [-0.1, -0.05) is 0 Å². The fourth-order valence-electron chi connectivity index (χ4n) is 2.21. The van der Waals surface area contributed by atoms with Gasteiger partial charge in [-0.05, 0) is 52.6 Å². The molecular formula is C14H23N3O. The molecule has 1 saturated heterocycles. The van der Waals surface area contributed by atoms with E-state index in [1.54, 1.807) is 12.4 Å². The van der Waals surface area contributed by atoms with Crippen LogP contribution < -0.4 is 10.1 Å². The quantitative estimate of drug-likeness (QED) is 0.892. The Hall–Kier alpha value is -1.16. The van der Waals surface area contributed by atoms with Gasteiger partial charge in [-0.2, -0.15) is 0 Å². The molecule has 1 aromatic rings. The first-order valence-electron chi connectivity index (χ1n) is 6.73. The molecule has 4 heteroatoms. The standard InChI is InChI=1S/C14H23N3O/c1-14(2,3)18-12-9-16-13(17-10-12)7-11-5-4-6-15-8-11/h9-11,15H,4-8H2,1-3H3. The molecule has 18 heavy (non-hydrogen) atoms. The maximum Gasteiger partial charge on any atom is 0.156 e. The molecule has 0 aliphatic carbocycles. The number of rotatable bonds is 3. The Kier molecular flexibility index (Phi) is 4.17. The molecular weight excluding hydrogens is 226 g/mol. The van der Waals surface area contributed by atoms with Crippen LogP contribution in [0.5, 0.6) is 5.75 Å². The lowest BCUT2D eigenvalue weighted by molar-refractivity contribution is 0.129. The third-order valence-corrected chi connectivity index (χ3v) is 2.98. The Morgan fingerprint density at radius 1 is 1.33 bits per heavy atom. The van der Waals surface area contributed by atoms with Crippen LogP contribution in [0.2, 0.25) is 0 Å². The van der Waals surface area contributed by atoms with Gasteiger partial charge in [0.25, 0.3) is 0 Å². The molecule has 0 aromatic carbocycles. The van der Waals surface area contributed by atoms with E-state index in [1.165, 1.54) is 12.8 Å². The van der Waals surface area contributed by atoms with Crippen molar-refractivity contribution >= 4 is 0 Å². The fraction of sp³-hybridized carbons (Fsp3) is 0.714. The molecule has 0 bridgehead atoms. The lowest BCUT2D eigenvalue weighted by Crippen LogP contribution is -2.31. The maximum atomic E-state index is 5.71. The van der Waals surface area contributed by atoms with Crippen LogP contribution in [0.15, 0.2) is 12.4 Å². The molecule has 0 saturated carbocycles. The third kappa shape index (κ3) is 4.26. The first-order valence-corrected chi connectivity index (χ1v) is 6.73. The first kappa shape index (κ1) is 13.3. The van der Waals surface area contributed by atoms with Crippen LogP contribution in [-0.4, -0.2) is 28.7 Å². The summed E-state index contributed by atoms with van der Waals surface area (Å²) in [5.74, 6) is 2.34. The number of piperidine rings is 1. The Bertz CT molecular complexity index is 364. The van der Waals surface area contributed by atoms with Crippen LogP contribution in [0.25, 0.3) is 0 Å². The largest absolute Gasteiger partial charge is 0.485 e. The minimum absolute atomic E-state index is 0.196. The summed E-state index contributed by atoms with van der Waals surface area (Å²) in [4.78, 5) is 8.79. The van der Waals surface area contributed by atoms with Gasteiger partial charge in [0.05, 0.1) is 12.4 Å². The van der Waals surface area contributed by atoms with Crippen LogP contribution in [-0.2, 0) is 6.42 Å². The van der Waals surface area contributed by atoms with Crippen LogP contribution in [0, 0.1) is 5.92 Å². The molecule has 2 heterocycles. The number of aromatic nitrogens is 2. The van der Waals surface area contributed by atoms with Crippen molar-refractivity contribution in [3.05, 3.63) is 18.2 Å². The van der Waals surface area contributed by atoms with Crippen molar-refractivity contribution in [2.45, 2.75) is 45.6 Å². The van der Waals surface area contributed by atoms with Crippen molar-refractivity contribution < 1.29 is 4.74 Å². The predicted octanol–water partition coefficient (Wildman–Crippen LogP) is 2.20. The highest BCUT2D eigenvalue weighted by molar-refractivity contribution is 5.13. The molecule has 0 amide bonds. The summed E-state index contributed by atoms with van der Waals surface area (Å²) >= 11 is 0. The Morgan fingerprint density at radius 2 is 2.06 bits per heavy atom. The van der Waals surface area contributed by atoms with E-state index in [2.05, 4.69) is 15.3 Å². The first-order chi connectivity index (χ1) is 8.53. The molecule has 1 N–H and O–H groups in total. The summed E-state index contributed by atoms with van der Waals surface area (Å²) in [5, 5.41) is 3.42. The number of ether oxygens (including phenoxy) is 1. The van der Waals surface area contributed by atoms with E-state index in [1.807, 2.05) is 20.8 Å². The normalized spacial score (nSPS) is 20.7. The van der Waals surface area contributed by atoms with Crippen molar-refractivity contribution in [3.8, 4) is 5.75 Å². The van der Waals surface area contributed by atoms with Gasteiger partial charge < -0.3 is 10.1 Å². The zero-order valence-corrected chi connectivity index (χ0v) is 11.6. The summed E-state index contributed by atoms with van der Waals surface area (Å²) in [6.07, 6.45) is 7.06. The molecule has 0 spiro atoms. The van der Waals surface area contributed by atoms with Crippen LogP contribution in [0.1, 0.15) is 39.4 Å². The van der Waals surface area contributed by atoms with Gasteiger partial charge >= 0.3 is 0 Å². The van der Waals surface area contributed by atoms with E-state index >= 15 is 0 Å². The highest BCUT2D eigenvalue weighted by Crippen LogP contribution is 2.18. The Balaban J connectivity index is 1.90. The highest BCUT2D eigenvalue weighted by Gasteiger charge is 2.16. The van der Waals surface area contributed by atoms with Gasteiger partial charge in [0.1, 0.15) is 11.4 Å². The lowest BCUT2D eigenvalue weighted by atomic mass is 9.96. The Labute approximate surface area is 109 Å².